The van der Waals surface area contributed by atoms with Crippen molar-refractivity contribution in [3.63, 3.8) is 0 Å². The Labute approximate surface area is 229 Å². The lowest BCUT2D eigenvalue weighted by Gasteiger charge is -2.34. The van der Waals surface area contributed by atoms with Crippen molar-refractivity contribution < 1.29 is 14.3 Å². The van der Waals surface area contributed by atoms with E-state index in [1.165, 1.54) is 23.7 Å². The standard InChI is InChI=1S/C26H25Cl3N4O4/c1-13(2)37-26-31-21-12-32(24(35)16-5-7-18(27)19(28)11-16)14(3)9-17(21)25(36)33(26)22-8-6-15(10-20(22)29)23(34)30-4/h5-8,10-11,13-14H,9,12H2,1-4H3,(H,30,34)/t14-/m1/s1. The molecule has 2 amide bonds. The minimum atomic E-state index is -0.344. The third-order valence-corrected chi connectivity index (χ3v) is 7.07. The van der Waals surface area contributed by atoms with E-state index in [0.717, 1.165) is 0 Å². The van der Waals surface area contributed by atoms with Gasteiger partial charge in [-0.2, -0.15) is 4.98 Å². The average molecular weight is 564 g/mol. The number of rotatable bonds is 5. The fourth-order valence-corrected chi connectivity index (χ4v) is 4.74. The lowest BCUT2D eigenvalue weighted by Crippen LogP contribution is -2.46. The maximum atomic E-state index is 13.8. The van der Waals surface area contributed by atoms with Gasteiger partial charge in [0.05, 0.1) is 39.1 Å². The van der Waals surface area contributed by atoms with Crippen molar-refractivity contribution in [3.05, 3.63) is 84.2 Å². The predicted octanol–water partition coefficient (Wildman–Crippen LogP) is 4.93. The zero-order chi connectivity index (χ0) is 27.0. The second kappa shape index (κ2) is 10.7. The maximum Gasteiger partial charge on any atom is 0.304 e. The van der Waals surface area contributed by atoms with Crippen molar-refractivity contribution in [2.24, 2.45) is 0 Å². The summed E-state index contributed by atoms with van der Waals surface area (Å²) in [5, 5.41) is 3.38. The molecule has 11 heteroatoms. The van der Waals surface area contributed by atoms with Crippen LogP contribution in [0.3, 0.4) is 0 Å². The zero-order valence-electron chi connectivity index (χ0n) is 20.6. The van der Waals surface area contributed by atoms with Gasteiger partial charge in [-0.1, -0.05) is 34.8 Å². The lowest BCUT2D eigenvalue weighted by atomic mass is 9.98. The van der Waals surface area contributed by atoms with Crippen LogP contribution in [0.15, 0.2) is 41.2 Å². The van der Waals surface area contributed by atoms with Crippen LogP contribution in [-0.2, 0) is 13.0 Å². The summed E-state index contributed by atoms with van der Waals surface area (Å²) >= 11 is 18.6. The summed E-state index contributed by atoms with van der Waals surface area (Å²) in [5.74, 6) is -0.551. The number of carbonyl (C=O) groups is 2. The number of benzene rings is 2. The van der Waals surface area contributed by atoms with Gasteiger partial charge in [0.25, 0.3) is 17.4 Å². The molecule has 1 N–H and O–H groups in total. The molecule has 0 unspecified atom stereocenters. The molecule has 2 aromatic carbocycles. The summed E-state index contributed by atoms with van der Waals surface area (Å²) in [6.07, 6.45) is -0.0130. The number of nitrogens with zero attached hydrogens (tertiary/aromatic N) is 3. The molecule has 0 spiro atoms. The molecule has 1 aliphatic heterocycles. The Morgan fingerprint density at radius 1 is 1.05 bits per heavy atom. The number of halogens is 3. The van der Waals surface area contributed by atoms with E-state index in [2.05, 4.69) is 10.3 Å². The highest BCUT2D eigenvalue weighted by atomic mass is 35.5. The Hall–Kier alpha value is -3.07. The SMILES string of the molecule is CNC(=O)c1ccc(-n2c(OC(C)C)nc3c(c2=O)C[C@@H](C)N(C(=O)c2ccc(Cl)c(Cl)c2)C3)c(Cl)c1. The Balaban J connectivity index is 1.79. The molecule has 1 aromatic heterocycles. The monoisotopic (exact) mass is 562 g/mol. The Morgan fingerprint density at radius 2 is 1.73 bits per heavy atom. The van der Waals surface area contributed by atoms with Crippen LogP contribution in [0, 0.1) is 0 Å². The number of aromatic nitrogens is 2. The first-order valence-corrected chi connectivity index (χ1v) is 12.7. The van der Waals surface area contributed by atoms with Crippen molar-refractivity contribution in [1.82, 2.24) is 19.8 Å². The molecule has 1 aliphatic rings. The molecule has 8 nitrogen and oxygen atoms in total. The molecular formula is C26H25Cl3N4O4. The van der Waals surface area contributed by atoms with E-state index in [-0.39, 0.29) is 58.5 Å². The number of hydrogen-bond acceptors (Lipinski definition) is 5. The second-order valence-electron chi connectivity index (χ2n) is 8.99. The number of carbonyl (C=O) groups excluding carboxylic acids is 2. The third-order valence-electron chi connectivity index (χ3n) is 6.03. The van der Waals surface area contributed by atoms with E-state index in [9.17, 15) is 14.4 Å². The van der Waals surface area contributed by atoms with Gasteiger partial charge >= 0.3 is 6.01 Å². The van der Waals surface area contributed by atoms with E-state index in [1.54, 1.807) is 29.2 Å². The number of nitrogens with one attached hydrogen (secondary N) is 1. The fourth-order valence-electron chi connectivity index (χ4n) is 4.18. The van der Waals surface area contributed by atoms with Crippen LogP contribution in [0.2, 0.25) is 15.1 Å². The fraction of sp³-hybridized carbons (Fsp3) is 0.308. The molecule has 2 heterocycles. The van der Waals surface area contributed by atoms with Crippen LogP contribution in [0.1, 0.15) is 52.7 Å². The van der Waals surface area contributed by atoms with E-state index in [1.807, 2.05) is 20.8 Å². The quantitative estimate of drug-likeness (QED) is 0.475. The van der Waals surface area contributed by atoms with Gasteiger partial charge in [0.15, 0.2) is 0 Å². The predicted molar refractivity (Wildman–Crippen MR) is 143 cm³/mol. The molecule has 0 fully saturated rings. The van der Waals surface area contributed by atoms with E-state index >= 15 is 0 Å². The first-order valence-electron chi connectivity index (χ1n) is 11.6. The van der Waals surface area contributed by atoms with Gasteiger partial charge < -0.3 is 15.0 Å². The van der Waals surface area contributed by atoms with Crippen molar-refractivity contribution >= 4 is 46.6 Å². The van der Waals surface area contributed by atoms with Gasteiger partial charge in [-0.3, -0.25) is 14.4 Å². The van der Waals surface area contributed by atoms with Crippen LogP contribution in [-0.4, -0.2) is 45.5 Å². The van der Waals surface area contributed by atoms with Gasteiger partial charge in [-0.15, -0.1) is 0 Å². The van der Waals surface area contributed by atoms with Crippen molar-refractivity contribution in [2.45, 2.75) is 45.9 Å². The molecule has 0 saturated heterocycles. The minimum Gasteiger partial charge on any atom is -0.462 e. The van der Waals surface area contributed by atoms with Gasteiger partial charge in [-0.25, -0.2) is 4.57 Å². The van der Waals surface area contributed by atoms with E-state index in [0.29, 0.717) is 33.1 Å². The zero-order valence-corrected chi connectivity index (χ0v) is 22.9. The van der Waals surface area contributed by atoms with Crippen LogP contribution in [0.5, 0.6) is 6.01 Å². The van der Waals surface area contributed by atoms with Gasteiger partial charge in [0.2, 0.25) is 0 Å². The summed E-state index contributed by atoms with van der Waals surface area (Å²) < 4.78 is 7.23. The first-order chi connectivity index (χ1) is 17.5. The van der Waals surface area contributed by atoms with E-state index in [4.69, 9.17) is 39.5 Å². The molecule has 1 atom stereocenters. The normalized spacial score (nSPS) is 14.9. The summed E-state index contributed by atoms with van der Waals surface area (Å²) in [6, 6.07) is 9.11. The van der Waals surface area contributed by atoms with Crippen LogP contribution in [0.25, 0.3) is 5.69 Å². The molecule has 194 valence electrons. The molecule has 3 aromatic rings. The number of fused-ring (bicyclic) bond motifs is 1. The highest BCUT2D eigenvalue weighted by Gasteiger charge is 2.33. The topological polar surface area (TPSA) is 93.5 Å². The molecule has 4 rings (SSSR count). The Kier molecular flexibility index (Phi) is 7.83. The highest BCUT2D eigenvalue weighted by molar-refractivity contribution is 6.42. The molecule has 37 heavy (non-hydrogen) atoms. The summed E-state index contributed by atoms with van der Waals surface area (Å²) in [7, 11) is 1.52. The molecule has 0 saturated carbocycles. The number of amides is 2. The van der Waals surface area contributed by atoms with Crippen LogP contribution in [0.4, 0.5) is 0 Å². The number of hydrogen-bond donors (Lipinski definition) is 1. The first kappa shape index (κ1) is 27.0. The molecule has 0 bridgehead atoms. The van der Waals surface area contributed by atoms with Gasteiger partial charge in [0, 0.05) is 29.8 Å². The largest absolute Gasteiger partial charge is 0.462 e. The number of ether oxygens (including phenoxy) is 1. The summed E-state index contributed by atoms with van der Waals surface area (Å²) in [4.78, 5) is 45.4. The molecule has 0 aliphatic carbocycles. The highest BCUT2D eigenvalue weighted by Crippen LogP contribution is 2.29. The van der Waals surface area contributed by atoms with Crippen LogP contribution < -0.4 is 15.6 Å². The maximum absolute atomic E-state index is 13.8. The second-order valence-corrected chi connectivity index (χ2v) is 10.2. The molecular weight excluding hydrogens is 539 g/mol. The average Bonchev–Trinajstić information content (AvgIpc) is 2.85. The van der Waals surface area contributed by atoms with Crippen molar-refractivity contribution in [1.29, 1.82) is 0 Å². The smallest absolute Gasteiger partial charge is 0.304 e. The summed E-state index contributed by atoms with van der Waals surface area (Å²) in [5.41, 5.74) is 1.65. The third kappa shape index (κ3) is 5.32. The molecule has 0 radical (unpaired) electrons. The van der Waals surface area contributed by atoms with Crippen molar-refractivity contribution in [2.75, 3.05) is 7.05 Å². The summed E-state index contributed by atoms with van der Waals surface area (Å²) in [6.45, 7) is 5.61. The van der Waals surface area contributed by atoms with Crippen LogP contribution >= 0.6 is 34.8 Å². The van der Waals surface area contributed by atoms with Gasteiger partial charge in [0.1, 0.15) is 0 Å². The van der Waals surface area contributed by atoms with E-state index < -0.39 is 0 Å². The van der Waals surface area contributed by atoms with Crippen molar-refractivity contribution in [3.8, 4) is 11.7 Å². The van der Waals surface area contributed by atoms with Gasteiger partial charge in [-0.05, 0) is 63.6 Å². The lowest BCUT2D eigenvalue weighted by molar-refractivity contribution is 0.0650. The Bertz CT molecular complexity index is 1450. The Morgan fingerprint density at radius 3 is 2.35 bits per heavy atom. The minimum absolute atomic E-state index is 0.0461.